The van der Waals surface area contributed by atoms with Crippen molar-refractivity contribution < 1.29 is 0 Å². The van der Waals surface area contributed by atoms with E-state index < -0.39 is 0 Å². The highest BCUT2D eigenvalue weighted by atomic mass is 15.1. The van der Waals surface area contributed by atoms with Crippen LogP contribution in [-0.4, -0.2) is 19.0 Å². The van der Waals surface area contributed by atoms with E-state index in [0.29, 0.717) is 6.04 Å². The summed E-state index contributed by atoms with van der Waals surface area (Å²) >= 11 is 0. The fourth-order valence-corrected chi connectivity index (χ4v) is 2.76. The highest BCUT2D eigenvalue weighted by Gasteiger charge is 2.29. The number of nitrogens with zero attached hydrogens (tertiary/aromatic N) is 1. The molecule has 2 nitrogen and oxygen atoms in total. The molecule has 1 atom stereocenters. The van der Waals surface area contributed by atoms with Crippen LogP contribution in [0.5, 0.6) is 0 Å². The van der Waals surface area contributed by atoms with Crippen molar-refractivity contribution in [2.24, 2.45) is 0 Å². The van der Waals surface area contributed by atoms with Gasteiger partial charge >= 0.3 is 0 Å². The zero-order valence-corrected chi connectivity index (χ0v) is 10.1. The van der Waals surface area contributed by atoms with Crippen LogP contribution in [0.3, 0.4) is 0 Å². The molecule has 3 rings (SSSR count). The predicted molar refractivity (Wildman–Crippen MR) is 71.8 cm³/mol. The van der Waals surface area contributed by atoms with Crippen molar-refractivity contribution in [3.05, 3.63) is 53.6 Å². The Morgan fingerprint density at radius 2 is 1.65 bits per heavy atom. The van der Waals surface area contributed by atoms with Gasteiger partial charge in [0.1, 0.15) is 0 Å². The molecule has 2 heteroatoms. The van der Waals surface area contributed by atoms with Gasteiger partial charge in [0.05, 0.1) is 6.04 Å². The first-order valence-electron chi connectivity index (χ1n) is 5.83. The minimum Gasteiger partial charge on any atom is -0.399 e. The Bertz CT molecular complexity index is 573. The molecule has 86 valence electrons. The monoisotopic (exact) mass is 224 g/mol. The maximum absolute atomic E-state index is 5.91. The number of hydrogen-bond donors (Lipinski definition) is 1. The lowest BCUT2D eigenvalue weighted by Crippen LogP contribution is -2.18. The topological polar surface area (TPSA) is 29.3 Å². The van der Waals surface area contributed by atoms with Crippen molar-refractivity contribution in [2.45, 2.75) is 6.04 Å². The lowest BCUT2D eigenvalue weighted by molar-refractivity contribution is 0.348. The molecular formula is C15H16N2. The van der Waals surface area contributed by atoms with Crippen LogP contribution in [0, 0.1) is 0 Å². The van der Waals surface area contributed by atoms with Crippen LogP contribution < -0.4 is 5.73 Å². The lowest BCUT2D eigenvalue weighted by atomic mass is 10.0. The molecule has 0 saturated carbocycles. The second kappa shape index (κ2) is 3.60. The molecule has 1 unspecified atom stereocenters. The van der Waals surface area contributed by atoms with Gasteiger partial charge in [-0.25, -0.2) is 0 Å². The SMILES string of the molecule is CN(C)C1c2ccccc2-c2ccc(N)cc21. The number of rotatable bonds is 1. The van der Waals surface area contributed by atoms with Gasteiger partial charge < -0.3 is 5.73 Å². The van der Waals surface area contributed by atoms with Crippen LogP contribution in [0.1, 0.15) is 17.2 Å². The van der Waals surface area contributed by atoms with Crippen LogP contribution in [-0.2, 0) is 0 Å². The van der Waals surface area contributed by atoms with Crippen molar-refractivity contribution in [1.29, 1.82) is 0 Å². The zero-order valence-electron chi connectivity index (χ0n) is 10.1. The Balaban J connectivity index is 2.29. The molecule has 0 aliphatic heterocycles. The Morgan fingerprint density at radius 3 is 2.41 bits per heavy atom. The average molecular weight is 224 g/mol. The molecule has 0 bridgehead atoms. The summed E-state index contributed by atoms with van der Waals surface area (Å²) in [5.41, 5.74) is 12.1. The first kappa shape index (κ1) is 10.4. The van der Waals surface area contributed by atoms with E-state index in [0.717, 1.165) is 5.69 Å². The number of nitrogen functional groups attached to an aromatic ring is 1. The van der Waals surface area contributed by atoms with Crippen molar-refractivity contribution in [1.82, 2.24) is 4.90 Å². The fraction of sp³-hybridized carbons (Fsp3) is 0.200. The summed E-state index contributed by atoms with van der Waals surface area (Å²) in [6, 6.07) is 15.1. The predicted octanol–water partition coefficient (Wildman–Crippen LogP) is 2.90. The summed E-state index contributed by atoms with van der Waals surface area (Å²) < 4.78 is 0. The molecule has 0 amide bonds. The second-order valence-corrected chi connectivity index (χ2v) is 4.80. The van der Waals surface area contributed by atoms with E-state index in [2.05, 4.69) is 55.4 Å². The van der Waals surface area contributed by atoms with Crippen LogP contribution in [0.2, 0.25) is 0 Å². The first-order valence-corrected chi connectivity index (χ1v) is 5.83. The smallest absolute Gasteiger partial charge is 0.0609 e. The molecule has 1 aliphatic rings. The number of benzene rings is 2. The quantitative estimate of drug-likeness (QED) is 0.755. The van der Waals surface area contributed by atoms with Crippen LogP contribution in [0.15, 0.2) is 42.5 Å². The van der Waals surface area contributed by atoms with Crippen molar-refractivity contribution in [3.63, 3.8) is 0 Å². The van der Waals surface area contributed by atoms with E-state index >= 15 is 0 Å². The van der Waals surface area contributed by atoms with Gasteiger partial charge in [-0.15, -0.1) is 0 Å². The Morgan fingerprint density at radius 1 is 0.941 bits per heavy atom. The highest BCUT2D eigenvalue weighted by Crippen LogP contribution is 2.45. The fourth-order valence-electron chi connectivity index (χ4n) is 2.76. The number of hydrogen-bond acceptors (Lipinski definition) is 2. The Kier molecular flexibility index (Phi) is 2.20. The molecule has 0 radical (unpaired) electrons. The van der Waals surface area contributed by atoms with E-state index in [1.54, 1.807) is 0 Å². The van der Waals surface area contributed by atoms with Gasteiger partial charge in [-0.05, 0) is 48.5 Å². The molecule has 2 aromatic rings. The molecule has 2 N–H and O–H groups in total. The minimum atomic E-state index is 0.324. The summed E-state index contributed by atoms with van der Waals surface area (Å²) in [5, 5.41) is 0. The second-order valence-electron chi connectivity index (χ2n) is 4.80. The summed E-state index contributed by atoms with van der Waals surface area (Å²) in [7, 11) is 4.22. The van der Waals surface area contributed by atoms with E-state index in [4.69, 9.17) is 5.73 Å². The van der Waals surface area contributed by atoms with E-state index in [-0.39, 0.29) is 0 Å². The Hall–Kier alpha value is -1.80. The van der Waals surface area contributed by atoms with E-state index in [9.17, 15) is 0 Å². The van der Waals surface area contributed by atoms with Gasteiger partial charge in [-0.1, -0.05) is 30.3 Å². The van der Waals surface area contributed by atoms with Crippen LogP contribution in [0.4, 0.5) is 5.69 Å². The molecule has 0 spiro atoms. The van der Waals surface area contributed by atoms with Crippen molar-refractivity contribution in [2.75, 3.05) is 19.8 Å². The summed E-state index contributed by atoms with van der Waals surface area (Å²) in [6.07, 6.45) is 0. The average Bonchev–Trinajstić information content (AvgIpc) is 2.62. The van der Waals surface area contributed by atoms with E-state index in [1.165, 1.54) is 22.3 Å². The largest absolute Gasteiger partial charge is 0.399 e. The van der Waals surface area contributed by atoms with Gasteiger partial charge in [0, 0.05) is 5.69 Å². The molecule has 1 aliphatic carbocycles. The minimum absolute atomic E-state index is 0.324. The van der Waals surface area contributed by atoms with Crippen LogP contribution >= 0.6 is 0 Å². The first-order chi connectivity index (χ1) is 8.18. The van der Waals surface area contributed by atoms with Crippen molar-refractivity contribution >= 4 is 5.69 Å². The standard InChI is InChI=1S/C15H16N2/c1-17(2)15-13-6-4-3-5-11(13)12-8-7-10(16)9-14(12)15/h3-9,15H,16H2,1-2H3. The molecular weight excluding hydrogens is 208 g/mol. The van der Waals surface area contributed by atoms with Gasteiger partial charge in [0.15, 0.2) is 0 Å². The molecule has 0 saturated heterocycles. The normalized spacial score (nSPS) is 17.0. The molecule has 0 fully saturated rings. The third kappa shape index (κ3) is 1.45. The third-order valence-corrected chi connectivity index (χ3v) is 3.43. The van der Waals surface area contributed by atoms with Crippen LogP contribution in [0.25, 0.3) is 11.1 Å². The van der Waals surface area contributed by atoms with E-state index in [1.807, 2.05) is 6.07 Å². The van der Waals surface area contributed by atoms with Crippen molar-refractivity contribution in [3.8, 4) is 11.1 Å². The maximum atomic E-state index is 5.91. The Labute approximate surface area is 102 Å². The number of nitrogens with two attached hydrogens (primary N) is 1. The van der Waals surface area contributed by atoms with Gasteiger partial charge in [0.25, 0.3) is 0 Å². The van der Waals surface area contributed by atoms with Gasteiger partial charge in [-0.2, -0.15) is 0 Å². The van der Waals surface area contributed by atoms with Gasteiger partial charge in [-0.3, -0.25) is 4.90 Å². The maximum Gasteiger partial charge on any atom is 0.0609 e. The summed E-state index contributed by atoms with van der Waals surface area (Å²) in [5.74, 6) is 0. The molecule has 17 heavy (non-hydrogen) atoms. The number of fused-ring (bicyclic) bond motifs is 3. The third-order valence-electron chi connectivity index (χ3n) is 3.43. The summed E-state index contributed by atoms with van der Waals surface area (Å²) in [4.78, 5) is 2.24. The molecule has 2 aromatic carbocycles. The molecule has 0 aromatic heterocycles. The molecule has 0 heterocycles. The van der Waals surface area contributed by atoms with Gasteiger partial charge in [0.2, 0.25) is 0 Å². The highest BCUT2D eigenvalue weighted by molar-refractivity contribution is 5.80. The summed E-state index contributed by atoms with van der Waals surface area (Å²) in [6.45, 7) is 0. The zero-order chi connectivity index (χ0) is 12.0. The number of anilines is 1. The lowest BCUT2D eigenvalue weighted by Gasteiger charge is -2.21.